The molecule has 0 amide bonds. The van der Waals surface area contributed by atoms with E-state index in [0.717, 1.165) is 4.90 Å². The molecular weight excluding hydrogens is 274 g/mol. The number of nitro groups is 1. The largest absolute Gasteiger partial charge is 0.502 e. The van der Waals surface area contributed by atoms with Crippen molar-refractivity contribution in [1.82, 2.24) is 0 Å². The van der Waals surface area contributed by atoms with Crippen LogP contribution >= 0.6 is 23.4 Å². The number of nitrogens with zero attached hydrogens (tertiary/aromatic N) is 1. The van der Waals surface area contributed by atoms with Crippen LogP contribution in [-0.4, -0.2) is 10.0 Å². The van der Waals surface area contributed by atoms with Crippen molar-refractivity contribution in [2.45, 2.75) is 9.79 Å². The Kier molecular flexibility index (Phi) is 3.74. The lowest BCUT2D eigenvalue weighted by atomic mass is 10.3. The van der Waals surface area contributed by atoms with Gasteiger partial charge in [-0.15, -0.1) is 0 Å². The molecule has 0 unspecified atom stereocenters. The second-order valence-corrected chi connectivity index (χ2v) is 5.05. The number of halogens is 1. The van der Waals surface area contributed by atoms with Crippen LogP contribution in [0.15, 0.2) is 52.3 Å². The van der Waals surface area contributed by atoms with Crippen LogP contribution in [0.2, 0.25) is 5.02 Å². The predicted molar refractivity (Wildman–Crippen MR) is 70.3 cm³/mol. The molecule has 18 heavy (non-hydrogen) atoms. The summed E-state index contributed by atoms with van der Waals surface area (Å²) in [5, 5.41) is 20.7. The lowest BCUT2D eigenvalue weighted by Crippen LogP contribution is -1.88. The fourth-order valence-electron chi connectivity index (χ4n) is 1.35. The highest BCUT2D eigenvalue weighted by atomic mass is 35.5. The monoisotopic (exact) mass is 281 g/mol. The van der Waals surface area contributed by atoms with Gasteiger partial charge in [0, 0.05) is 20.9 Å². The summed E-state index contributed by atoms with van der Waals surface area (Å²) in [4.78, 5) is 11.7. The molecule has 0 saturated carbocycles. The summed E-state index contributed by atoms with van der Waals surface area (Å²) in [6.07, 6.45) is 0. The summed E-state index contributed by atoms with van der Waals surface area (Å²) in [6, 6.07) is 11.4. The Labute approximate surface area is 112 Å². The average molecular weight is 282 g/mol. The maximum Gasteiger partial charge on any atom is 0.311 e. The lowest BCUT2D eigenvalue weighted by Gasteiger charge is -2.02. The molecule has 4 nitrogen and oxygen atoms in total. The second-order valence-electron chi connectivity index (χ2n) is 3.46. The number of aromatic hydroxyl groups is 1. The van der Waals surface area contributed by atoms with E-state index in [1.807, 2.05) is 12.1 Å². The average Bonchev–Trinajstić information content (AvgIpc) is 2.34. The molecule has 1 N–H and O–H groups in total. The molecule has 0 saturated heterocycles. The Hall–Kier alpha value is -1.72. The van der Waals surface area contributed by atoms with Crippen molar-refractivity contribution in [1.29, 1.82) is 0 Å². The number of hydrogen-bond donors (Lipinski definition) is 1. The fraction of sp³-hybridized carbons (Fsp3) is 0. The van der Waals surface area contributed by atoms with Gasteiger partial charge in [-0.05, 0) is 36.4 Å². The molecule has 2 aromatic rings. The van der Waals surface area contributed by atoms with Crippen molar-refractivity contribution >= 4 is 29.1 Å². The van der Waals surface area contributed by atoms with Gasteiger partial charge in [-0.25, -0.2) is 0 Å². The molecule has 0 aliphatic carbocycles. The highest BCUT2D eigenvalue weighted by molar-refractivity contribution is 7.99. The van der Waals surface area contributed by atoms with Gasteiger partial charge in [0.2, 0.25) is 0 Å². The van der Waals surface area contributed by atoms with E-state index in [1.54, 1.807) is 18.2 Å². The molecule has 0 heterocycles. The maximum atomic E-state index is 10.7. The smallest absolute Gasteiger partial charge is 0.311 e. The van der Waals surface area contributed by atoms with Gasteiger partial charge >= 0.3 is 5.69 Å². The zero-order valence-electron chi connectivity index (χ0n) is 9.04. The van der Waals surface area contributed by atoms with E-state index < -0.39 is 4.92 Å². The maximum absolute atomic E-state index is 10.7. The van der Waals surface area contributed by atoms with Crippen molar-refractivity contribution in [3.8, 4) is 5.75 Å². The summed E-state index contributed by atoms with van der Waals surface area (Å²) >= 11 is 7.13. The molecule has 2 rings (SSSR count). The third-order valence-corrected chi connectivity index (χ3v) is 3.44. The molecule has 92 valence electrons. The third kappa shape index (κ3) is 2.94. The highest BCUT2D eigenvalue weighted by Gasteiger charge is 2.13. The quantitative estimate of drug-likeness (QED) is 0.679. The summed E-state index contributed by atoms with van der Waals surface area (Å²) < 4.78 is 0. The van der Waals surface area contributed by atoms with Crippen LogP contribution in [0.4, 0.5) is 5.69 Å². The van der Waals surface area contributed by atoms with Crippen molar-refractivity contribution < 1.29 is 10.0 Å². The molecule has 0 fully saturated rings. The van der Waals surface area contributed by atoms with Crippen molar-refractivity contribution in [2.24, 2.45) is 0 Å². The van der Waals surface area contributed by atoms with Crippen LogP contribution in [-0.2, 0) is 0 Å². The van der Waals surface area contributed by atoms with E-state index in [9.17, 15) is 15.2 Å². The summed E-state index contributed by atoms with van der Waals surface area (Å²) in [5.74, 6) is -0.333. The standard InChI is InChI=1S/C12H8ClNO3S/c13-8-1-3-9(4-2-8)18-10-5-6-12(15)11(7-10)14(16)17/h1-7,15H. The molecule has 2 aromatic carbocycles. The summed E-state index contributed by atoms with van der Waals surface area (Å²) in [6.45, 7) is 0. The zero-order valence-corrected chi connectivity index (χ0v) is 10.6. The van der Waals surface area contributed by atoms with Gasteiger partial charge < -0.3 is 5.11 Å². The first-order chi connectivity index (χ1) is 8.56. The van der Waals surface area contributed by atoms with Gasteiger partial charge in [0.1, 0.15) is 0 Å². The molecule has 0 bridgehead atoms. The van der Waals surface area contributed by atoms with Crippen LogP contribution < -0.4 is 0 Å². The van der Waals surface area contributed by atoms with Crippen LogP contribution in [0.1, 0.15) is 0 Å². The van der Waals surface area contributed by atoms with E-state index >= 15 is 0 Å². The van der Waals surface area contributed by atoms with Gasteiger partial charge in [0.15, 0.2) is 5.75 Å². The van der Waals surface area contributed by atoms with Gasteiger partial charge in [-0.1, -0.05) is 23.4 Å². The second kappa shape index (κ2) is 5.29. The number of rotatable bonds is 3. The van der Waals surface area contributed by atoms with Gasteiger partial charge in [0.05, 0.1) is 4.92 Å². The third-order valence-electron chi connectivity index (χ3n) is 2.19. The van der Waals surface area contributed by atoms with Crippen LogP contribution in [0, 0.1) is 10.1 Å². The Bertz CT molecular complexity index is 586. The first-order valence-corrected chi connectivity index (χ1v) is 6.16. The first kappa shape index (κ1) is 12.7. The minimum Gasteiger partial charge on any atom is -0.502 e. The Balaban J connectivity index is 2.27. The number of phenolic OH excluding ortho intramolecular Hbond substituents is 1. The van der Waals surface area contributed by atoms with E-state index in [-0.39, 0.29) is 11.4 Å². The Morgan fingerprint density at radius 1 is 1.11 bits per heavy atom. The molecule has 0 radical (unpaired) electrons. The molecule has 0 atom stereocenters. The predicted octanol–water partition coefficient (Wildman–Crippen LogP) is 4.11. The van der Waals surface area contributed by atoms with Crippen LogP contribution in [0.5, 0.6) is 5.75 Å². The van der Waals surface area contributed by atoms with E-state index in [4.69, 9.17) is 11.6 Å². The first-order valence-electron chi connectivity index (χ1n) is 4.97. The number of hydrogen-bond acceptors (Lipinski definition) is 4. The zero-order chi connectivity index (χ0) is 13.1. The number of nitro benzene ring substituents is 1. The van der Waals surface area contributed by atoms with Gasteiger partial charge in [-0.3, -0.25) is 10.1 Å². The Morgan fingerprint density at radius 3 is 2.33 bits per heavy atom. The SMILES string of the molecule is O=[N+]([O-])c1cc(Sc2ccc(Cl)cc2)ccc1O. The molecular formula is C12H8ClNO3S. The van der Waals surface area contributed by atoms with Crippen molar-refractivity contribution in [3.05, 3.63) is 57.6 Å². The highest BCUT2D eigenvalue weighted by Crippen LogP contribution is 2.34. The van der Waals surface area contributed by atoms with E-state index in [0.29, 0.717) is 9.92 Å². The van der Waals surface area contributed by atoms with Crippen LogP contribution in [0.25, 0.3) is 0 Å². The normalized spacial score (nSPS) is 10.3. The molecule has 0 aromatic heterocycles. The minimum absolute atomic E-state index is 0.297. The van der Waals surface area contributed by atoms with Gasteiger partial charge in [0.25, 0.3) is 0 Å². The number of benzene rings is 2. The topological polar surface area (TPSA) is 63.4 Å². The van der Waals surface area contributed by atoms with Crippen LogP contribution in [0.3, 0.4) is 0 Å². The summed E-state index contributed by atoms with van der Waals surface area (Å²) in [7, 11) is 0. The summed E-state index contributed by atoms with van der Waals surface area (Å²) in [5.41, 5.74) is -0.297. The Morgan fingerprint density at radius 2 is 1.72 bits per heavy atom. The molecule has 0 spiro atoms. The van der Waals surface area contributed by atoms with E-state index in [1.165, 1.54) is 23.9 Å². The minimum atomic E-state index is -0.610. The van der Waals surface area contributed by atoms with Gasteiger partial charge in [-0.2, -0.15) is 0 Å². The van der Waals surface area contributed by atoms with E-state index in [2.05, 4.69) is 0 Å². The van der Waals surface area contributed by atoms with Crippen molar-refractivity contribution in [3.63, 3.8) is 0 Å². The molecule has 0 aliphatic rings. The molecule has 0 aliphatic heterocycles. The van der Waals surface area contributed by atoms with Crippen molar-refractivity contribution in [2.75, 3.05) is 0 Å². The number of phenols is 1. The fourth-order valence-corrected chi connectivity index (χ4v) is 2.33. The molecule has 6 heteroatoms. The lowest BCUT2D eigenvalue weighted by molar-refractivity contribution is -0.386.